The van der Waals surface area contributed by atoms with E-state index < -0.39 is 40.8 Å². The molecule has 242 valence electrons. The van der Waals surface area contributed by atoms with Gasteiger partial charge >= 0.3 is 10.8 Å². The van der Waals surface area contributed by atoms with Gasteiger partial charge in [0.25, 0.3) is 5.91 Å². The molecule has 0 unspecified atom stereocenters. The second kappa shape index (κ2) is 13.4. The van der Waals surface area contributed by atoms with E-state index in [1.165, 1.54) is 37.4 Å². The zero-order valence-electron chi connectivity index (χ0n) is 24.7. The summed E-state index contributed by atoms with van der Waals surface area (Å²) in [6.45, 7) is 1.57. The van der Waals surface area contributed by atoms with Crippen LogP contribution in [0.3, 0.4) is 0 Å². The van der Waals surface area contributed by atoms with Crippen molar-refractivity contribution < 1.29 is 33.4 Å². The van der Waals surface area contributed by atoms with Gasteiger partial charge in [-0.2, -0.15) is 0 Å². The van der Waals surface area contributed by atoms with Crippen molar-refractivity contribution in [2.45, 2.75) is 23.1 Å². The van der Waals surface area contributed by atoms with E-state index in [2.05, 4.69) is 10.3 Å². The van der Waals surface area contributed by atoms with Crippen molar-refractivity contribution in [3.63, 3.8) is 0 Å². The maximum atomic E-state index is 14.1. The summed E-state index contributed by atoms with van der Waals surface area (Å²) >= 11 is 14.1. The molecule has 4 aromatic rings. The molecule has 0 aliphatic carbocycles. The van der Waals surface area contributed by atoms with E-state index in [1.807, 2.05) is 0 Å². The second-order valence-corrected chi connectivity index (χ2v) is 13.4. The summed E-state index contributed by atoms with van der Waals surface area (Å²) in [6, 6.07) is 15.8. The molecule has 2 aliphatic rings. The molecule has 6 rings (SSSR count). The molecule has 11 nitrogen and oxygen atoms in total. The van der Waals surface area contributed by atoms with Gasteiger partial charge in [0.15, 0.2) is 18.1 Å². The molecule has 3 atom stereocenters. The van der Waals surface area contributed by atoms with Crippen molar-refractivity contribution in [2.24, 2.45) is 5.92 Å². The largest absolute Gasteiger partial charge is 0.493 e. The van der Waals surface area contributed by atoms with Crippen molar-refractivity contribution >= 4 is 81.4 Å². The van der Waals surface area contributed by atoms with E-state index in [0.29, 0.717) is 42.5 Å². The van der Waals surface area contributed by atoms with E-state index in [1.54, 1.807) is 37.3 Å². The minimum absolute atomic E-state index is 0.213. The third kappa shape index (κ3) is 6.35. The number of thiazole rings is 1. The number of nitrogens with one attached hydrogen (secondary N) is 2. The van der Waals surface area contributed by atoms with Crippen molar-refractivity contribution in [1.82, 2.24) is 4.98 Å². The van der Waals surface area contributed by atoms with Gasteiger partial charge in [-0.25, -0.2) is 9.69 Å². The summed E-state index contributed by atoms with van der Waals surface area (Å²) in [5, 5.41) is 3.03. The number of aromatic nitrogens is 1. The Morgan fingerprint density at radius 1 is 0.957 bits per heavy atom. The monoisotopic (exact) mass is 713 g/mol. The number of fused-ring (bicyclic) bond motifs is 2. The first-order valence-electron chi connectivity index (χ1n) is 14.2. The van der Waals surface area contributed by atoms with Crippen LogP contribution in [0.1, 0.15) is 33.6 Å². The van der Waals surface area contributed by atoms with Crippen LogP contribution >= 0.6 is 46.3 Å². The third-order valence-corrected chi connectivity index (χ3v) is 10.7. The SMILES string of the molecule is CCOC(=O)c1ccc(N2C(=O)[C@H]3[C@H](c4ccc(OCC(=O)Nc5ccc(Cl)c(Cl)c5)c(OC)c4)c4sc(=O)[nH]c4S[C@H]3C2=O)cc1. The lowest BCUT2D eigenvalue weighted by molar-refractivity contribution is -0.122. The average molecular weight is 715 g/mol. The molecule has 3 amide bonds. The molecule has 47 heavy (non-hydrogen) atoms. The number of thioether (sulfide) groups is 1. The number of ether oxygens (including phenoxy) is 3. The fourth-order valence-electron chi connectivity index (χ4n) is 5.50. The van der Waals surface area contributed by atoms with Gasteiger partial charge in [-0.3, -0.25) is 19.2 Å². The summed E-state index contributed by atoms with van der Waals surface area (Å²) in [6.07, 6.45) is 0. The predicted octanol–water partition coefficient (Wildman–Crippen LogP) is 5.74. The van der Waals surface area contributed by atoms with E-state index in [-0.39, 0.29) is 29.6 Å². The number of benzene rings is 3. The van der Waals surface area contributed by atoms with E-state index in [9.17, 15) is 24.0 Å². The van der Waals surface area contributed by atoms with Crippen LogP contribution in [0.5, 0.6) is 11.5 Å². The Kier molecular flexibility index (Phi) is 9.33. The maximum Gasteiger partial charge on any atom is 0.338 e. The number of carbonyl (C=O) groups is 4. The van der Waals surface area contributed by atoms with Crippen molar-refractivity contribution in [1.29, 1.82) is 0 Å². The Morgan fingerprint density at radius 3 is 2.43 bits per heavy atom. The van der Waals surface area contributed by atoms with Gasteiger partial charge in [-0.1, -0.05) is 52.4 Å². The quantitative estimate of drug-likeness (QED) is 0.164. The molecule has 0 radical (unpaired) electrons. The Labute approximate surface area is 286 Å². The first-order valence-corrected chi connectivity index (χ1v) is 16.6. The number of anilines is 2. The lowest BCUT2D eigenvalue weighted by atomic mass is 9.83. The summed E-state index contributed by atoms with van der Waals surface area (Å²) in [4.78, 5) is 69.2. The standard InChI is InChI=1S/C32H25Cl2N3O8S2/c1-3-44-31(41)15-4-8-18(9-5-15)37-29(39)25-24(26-28(36-32(42)47-26)46-27(25)30(37)40)16-6-11-21(22(12-16)43-2)45-14-23(38)35-17-7-10-19(33)20(34)13-17/h4-13,24-25,27H,3,14H2,1-2H3,(H,35,38)(H,36,42)/t24-,25-,27+/m0/s1. The number of esters is 1. The number of rotatable bonds is 9. The number of carbonyl (C=O) groups excluding carboxylic acids is 4. The highest BCUT2D eigenvalue weighted by molar-refractivity contribution is 8.00. The number of imide groups is 1. The average Bonchev–Trinajstić information content (AvgIpc) is 3.55. The summed E-state index contributed by atoms with van der Waals surface area (Å²) in [7, 11) is 1.44. The minimum atomic E-state index is -0.843. The summed E-state index contributed by atoms with van der Waals surface area (Å²) in [5.41, 5.74) is 1.67. The van der Waals surface area contributed by atoms with Gasteiger partial charge in [0.05, 0.1) is 46.0 Å². The smallest absolute Gasteiger partial charge is 0.338 e. The first kappa shape index (κ1) is 32.6. The molecule has 2 aliphatic heterocycles. The number of aromatic amines is 1. The van der Waals surface area contributed by atoms with Gasteiger partial charge in [0.1, 0.15) is 5.25 Å². The fraction of sp³-hybridized carbons (Fsp3) is 0.219. The van der Waals surface area contributed by atoms with Crippen LogP contribution in [0.4, 0.5) is 11.4 Å². The molecular formula is C32H25Cl2N3O8S2. The Bertz CT molecular complexity index is 1960. The highest BCUT2D eigenvalue weighted by Crippen LogP contribution is 2.53. The van der Waals surface area contributed by atoms with Crippen LogP contribution in [-0.2, 0) is 19.1 Å². The molecule has 15 heteroatoms. The van der Waals surface area contributed by atoms with Crippen LogP contribution in [0, 0.1) is 5.92 Å². The van der Waals surface area contributed by atoms with E-state index >= 15 is 0 Å². The summed E-state index contributed by atoms with van der Waals surface area (Å²) in [5.74, 6) is -2.79. The Hall–Kier alpha value is -4.30. The van der Waals surface area contributed by atoms with Crippen LogP contribution in [0.2, 0.25) is 10.0 Å². The lowest BCUT2D eigenvalue weighted by Crippen LogP contribution is -2.32. The van der Waals surface area contributed by atoms with Gasteiger partial charge < -0.3 is 24.5 Å². The number of nitrogens with zero attached hydrogens (tertiary/aromatic N) is 1. The van der Waals surface area contributed by atoms with Crippen LogP contribution in [-0.4, -0.2) is 54.2 Å². The number of hydrogen-bond acceptors (Lipinski definition) is 10. The molecule has 1 saturated heterocycles. The second-order valence-electron chi connectivity index (χ2n) is 10.4. The molecule has 3 aromatic carbocycles. The van der Waals surface area contributed by atoms with Gasteiger partial charge in [0.2, 0.25) is 11.8 Å². The number of amides is 3. The number of halogens is 2. The molecule has 0 saturated carbocycles. The molecule has 0 bridgehead atoms. The minimum Gasteiger partial charge on any atom is -0.493 e. The zero-order chi connectivity index (χ0) is 33.4. The first-order chi connectivity index (χ1) is 22.6. The molecule has 2 N–H and O–H groups in total. The Balaban J connectivity index is 1.27. The molecule has 0 spiro atoms. The predicted molar refractivity (Wildman–Crippen MR) is 178 cm³/mol. The van der Waals surface area contributed by atoms with Crippen molar-refractivity contribution in [2.75, 3.05) is 30.5 Å². The fourth-order valence-corrected chi connectivity index (χ4v) is 8.32. The number of H-pyrrole nitrogens is 1. The topological polar surface area (TPSA) is 144 Å². The van der Waals surface area contributed by atoms with Crippen LogP contribution in [0.15, 0.2) is 70.5 Å². The van der Waals surface area contributed by atoms with E-state index in [0.717, 1.165) is 28.0 Å². The van der Waals surface area contributed by atoms with Gasteiger partial charge in [0, 0.05) is 16.5 Å². The molecule has 3 heterocycles. The highest BCUT2D eigenvalue weighted by Gasteiger charge is 2.56. The summed E-state index contributed by atoms with van der Waals surface area (Å²) < 4.78 is 16.4. The molecular weight excluding hydrogens is 689 g/mol. The van der Waals surface area contributed by atoms with Crippen molar-refractivity contribution in [3.05, 3.63) is 96.4 Å². The third-order valence-electron chi connectivity index (χ3n) is 7.57. The maximum absolute atomic E-state index is 14.1. The van der Waals surface area contributed by atoms with Gasteiger partial charge in [-0.15, -0.1) is 0 Å². The molecule has 1 fully saturated rings. The lowest BCUT2D eigenvalue weighted by Gasteiger charge is -2.30. The Morgan fingerprint density at radius 2 is 1.72 bits per heavy atom. The number of hydrogen-bond donors (Lipinski definition) is 2. The zero-order valence-corrected chi connectivity index (χ0v) is 27.9. The van der Waals surface area contributed by atoms with Crippen LogP contribution in [0.25, 0.3) is 0 Å². The van der Waals surface area contributed by atoms with E-state index in [4.69, 9.17) is 37.4 Å². The highest BCUT2D eigenvalue weighted by atomic mass is 35.5. The normalized spacial score (nSPS) is 18.4. The van der Waals surface area contributed by atoms with Crippen molar-refractivity contribution in [3.8, 4) is 11.5 Å². The number of methoxy groups -OCH3 is 1. The van der Waals surface area contributed by atoms with Crippen LogP contribution < -0.4 is 24.6 Å². The molecule has 1 aromatic heterocycles. The van der Waals surface area contributed by atoms with Gasteiger partial charge in [-0.05, 0) is 67.1 Å².